The van der Waals surface area contributed by atoms with E-state index in [1.807, 2.05) is 26.8 Å². The summed E-state index contributed by atoms with van der Waals surface area (Å²) in [6.45, 7) is 9.87. The van der Waals surface area contributed by atoms with E-state index in [0.29, 0.717) is 5.92 Å². The van der Waals surface area contributed by atoms with Crippen molar-refractivity contribution in [1.29, 1.82) is 0 Å². The van der Waals surface area contributed by atoms with Gasteiger partial charge in [-0.25, -0.2) is 14.8 Å². The monoisotopic (exact) mass is 371 g/mol. The first-order valence-electron chi connectivity index (χ1n) is 9.21. The molecule has 6 nitrogen and oxygen atoms in total. The zero-order valence-electron chi connectivity index (χ0n) is 15.6. The van der Waals surface area contributed by atoms with Crippen molar-refractivity contribution in [3.63, 3.8) is 0 Å². The molecule has 4 heterocycles. The number of likely N-dealkylation sites (tertiary alicyclic amines) is 1. The highest BCUT2D eigenvalue weighted by atomic mass is 32.1. The van der Waals surface area contributed by atoms with Crippen molar-refractivity contribution < 1.29 is 0 Å². The molecule has 1 saturated heterocycles. The molecule has 1 aliphatic heterocycles. The van der Waals surface area contributed by atoms with Crippen LogP contribution in [0.4, 0.5) is 0 Å². The highest BCUT2D eigenvalue weighted by molar-refractivity contribution is 7.09. The zero-order valence-corrected chi connectivity index (χ0v) is 16.4. The number of nitrogens with zero attached hydrogens (tertiary/aromatic N) is 5. The highest BCUT2D eigenvalue weighted by Crippen LogP contribution is 2.26. The summed E-state index contributed by atoms with van der Waals surface area (Å²) in [5.41, 5.74) is 4.87. The molecule has 1 fully saturated rings. The lowest BCUT2D eigenvalue weighted by Gasteiger charge is -2.16. The van der Waals surface area contributed by atoms with Crippen molar-refractivity contribution in [2.45, 2.75) is 46.3 Å². The summed E-state index contributed by atoms with van der Waals surface area (Å²) >= 11 is 1.71. The van der Waals surface area contributed by atoms with Crippen LogP contribution in [0.3, 0.4) is 0 Å². The van der Waals surface area contributed by atoms with E-state index in [4.69, 9.17) is 0 Å². The summed E-state index contributed by atoms with van der Waals surface area (Å²) in [4.78, 5) is 25.8. The van der Waals surface area contributed by atoms with Gasteiger partial charge in [-0.2, -0.15) is 0 Å². The van der Waals surface area contributed by atoms with E-state index in [0.717, 1.165) is 49.5 Å². The summed E-state index contributed by atoms with van der Waals surface area (Å²) in [6.07, 6.45) is 2.76. The molecule has 1 atom stereocenters. The second-order valence-corrected chi connectivity index (χ2v) is 8.48. The van der Waals surface area contributed by atoms with Gasteiger partial charge in [-0.3, -0.25) is 14.0 Å². The normalized spacial score (nSPS) is 18.4. The van der Waals surface area contributed by atoms with Crippen LogP contribution >= 0.6 is 11.3 Å². The number of hydrogen-bond donors (Lipinski definition) is 0. The molecule has 26 heavy (non-hydrogen) atoms. The highest BCUT2D eigenvalue weighted by Gasteiger charge is 2.29. The van der Waals surface area contributed by atoms with Crippen LogP contribution in [-0.4, -0.2) is 37.1 Å². The number of thiazole rings is 1. The molecule has 0 aliphatic carbocycles. The Morgan fingerprint density at radius 2 is 2.19 bits per heavy atom. The fourth-order valence-electron chi connectivity index (χ4n) is 3.83. The van der Waals surface area contributed by atoms with Crippen LogP contribution in [0, 0.1) is 12.8 Å². The van der Waals surface area contributed by atoms with E-state index in [1.54, 1.807) is 17.5 Å². The molecule has 0 spiro atoms. The van der Waals surface area contributed by atoms with Gasteiger partial charge in [0, 0.05) is 37.3 Å². The van der Waals surface area contributed by atoms with Crippen molar-refractivity contribution in [3.05, 3.63) is 44.9 Å². The third-order valence-corrected chi connectivity index (χ3v) is 6.01. The van der Waals surface area contributed by atoms with E-state index in [9.17, 15) is 4.79 Å². The molecule has 1 aliphatic rings. The maximum Gasteiger partial charge on any atom is 0.330 e. The first kappa shape index (κ1) is 17.4. The van der Waals surface area contributed by atoms with Gasteiger partial charge < -0.3 is 0 Å². The minimum atomic E-state index is 0.0771. The topological polar surface area (TPSA) is 56.0 Å². The Labute approximate surface area is 157 Å². The minimum absolute atomic E-state index is 0.0771. The quantitative estimate of drug-likeness (QED) is 0.692. The van der Waals surface area contributed by atoms with Crippen molar-refractivity contribution in [2.24, 2.45) is 5.92 Å². The molecular formula is C19H25N5OS. The Hall–Kier alpha value is -1.99. The van der Waals surface area contributed by atoms with Gasteiger partial charge in [-0.05, 0) is 31.4 Å². The van der Waals surface area contributed by atoms with Crippen LogP contribution in [-0.2, 0) is 13.1 Å². The van der Waals surface area contributed by atoms with Crippen LogP contribution in [0.2, 0.25) is 0 Å². The second-order valence-electron chi connectivity index (χ2n) is 7.54. The minimum Gasteiger partial charge on any atom is -0.296 e. The average Bonchev–Trinajstić information content (AvgIpc) is 3.29. The van der Waals surface area contributed by atoms with Gasteiger partial charge in [0.05, 0.1) is 22.8 Å². The summed E-state index contributed by atoms with van der Waals surface area (Å²) in [5, 5.41) is 0. The lowest BCUT2D eigenvalue weighted by molar-refractivity contribution is 0.317. The SMILES string of the molecule is Cc1ncsc1CN1CC[C@@H](n2c(=O)n(CC(C)C)c3cccnc32)C1. The Kier molecular flexibility index (Phi) is 4.67. The van der Waals surface area contributed by atoms with Crippen LogP contribution < -0.4 is 5.69 Å². The standard InChI is InChI=1S/C19H25N5OS/c1-13(2)9-23-16-5-4-7-20-18(16)24(19(23)25)15-6-8-22(10-15)11-17-14(3)21-12-26-17/h4-5,7,12-13,15H,6,8-11H2,1-3H3/t15-/m1/s1. The van der Waals surface area contributed by atoms with Crippen molar-refractivity contribution >= 4 is 22.5 Å². The molecule has 3 aromatic rings. The maximum absolute atomic E-state index is 13.1. The van der Waals surface area contributed by atoms with Crippen LogP contribution in [0.15, 0.2) is 28.6 Å². The van der Waals surface area contributed by atoms with Gasteiger partial charge in [0.1, 0.15) is 0 Å². The zero-order chi connectivity index (χ0) is 18.3. The molecule has 7 heteroatoms. The predicted molar refractivity (Wildman–Crippen MR) is 105 cm³/mol. The van der Waals surface area contributed by atoms with Gasteiger partial charge in [0.25, 0.3) is 0 Å². The van der Waals surface area contributed by atoms with Crippen LogP contribution in [0.5, 0.6) is 0 Å². The molecule has 0 N–H and O–H groups in total. The van der Waals surface area contributed by atoms with E-state index in [1.165, 1.54) is 4.88 Å². The molecule has 138 valence electrons. The van der Waals surface area contributed by atoms with Gasteiger partial charge in [-0.15, -0.1) is 11.3 Å². The van der Waals surface area contributed by atoms with Gasteiger partial charge in [0.2, 0.25) is 0 Å². The number of hydrogen-bond acceptors (Lipinski definition) is 5. The van der Waals surface area contributed by atoms with Crippen LogP contribution in [0.1, 0.15) is 36.9 Å². The predicted octanol–water partition coefficient (Wildman–Crippen LogP) is 3.07. The Bertz CT molecular complexity index is 970. The first-order valence-corrected chi connectivity index (χ1v) is 10.1. The van der Waals surface area contributed by atoms with Gasteiger partial charge in [0.15, 0.2) is 5.65 Å². The van der Waals surface area contributed by atoms with Crippen molar-refractivity contribution in [3.8, 4) is 0 Å². The number of pyridine rings is 1. The summed E-state index contributed by atoms with van der Waals surface area (Å²) in [7, 11) is 0. The van der Waals surface area contributed by atoms with E-state index in [2.05, 4.69) is 35.6 Å². The fraction of sp³-hybridized carbons (Fsp3) is 0.526. The number of fused-ring (bicyclic) bond motifs is 1. The number of aromatic nitrogens is 4. The third kappa shape index (κ3) is 3.10. The summed E-state index contributed by atoms with van der Waals surface area (Å²) in [5.74, 6) is 0.418. The summed E-state index contributed by atoms with van der Waals surface area (Å²) in [6, 6.07) is 4.11. The molecule has 0 aromatic carbocycles. The molecule has 0 bridgehead atoms. The van der Waals surface area contributed by atoms with E-state index in [-0.39, 0.29) is 11.7 Å². The molecule has 4 rings (SSSR count). The molecule has 0 radical (unpaired) electrons. The lowest BCUT2D eigenvalue weighted by Crippen LogP contribution is -2.30. The van der Waals surface area contributed by atoms with Crippen molar-refractivity contribution in [2.75, 3.05) is 13.1 Å². The van der Waals surface area contributed by atoms with E-state index >= 15 is 0 Å². The number of imidazole rings is 1. The summed E-state index contributed by atoms with van der Waals surface area (Å²) < 4.78 is 3.82. The molecule has 0 unspecified atom stereocenters. The van der Waals surface area contributed by atoms with E-state index < -0.39 is 0 Å². The second kappa shape index (κ2) is 6.96. The van der Waals surface area contributed by atoms with Gasteiger partial charge in [-0.1, -0.05) is 13.8 Å². The molecule has 3 aromatic heterocycles. The Morgan fingerprint density at radius 1 is 1.35 bits per heavy atom. The average molecular weight is 372 g/mol. The number of rotatable bonds is 5. The largest absolute Gasteiger partial charge is 0.330 e. The van der Waals surface area contributed by atoms with Crippen molar-refractivity contribution in [1.82, 2.24) is 24.0 Å². The molecular weight excluding hydrogens is 346 g/mol. The first-order chi connectivity index (χ1) is 12.5. The smallest absolute Gasteiger partial charge is 0.296 e. The molecule has 0 saturated carbocycles. The number of aryl methyl sites for hydroxylation is 1. The fourth-order valence-corrected chi connectivity index (χ4v) is 4.65. The van der Waals surface area contributed by atoms with Gasteiger partial charge >= 0.3 is 5.69 Å². The molecule has 0 amide bonds. The van der Waals surface area contributed by atoms with Crippen LogP contribution in [0.25, 0.3) is 11.2 Å². The Balaban J connectivity index is 1.64. The maximum atomic E-state index is 13.1. The third-order valence-electron chi connectivity index (χ3n) is 5.09. The lowest BCUT2D eigenvalue weighted by atomic mass is 10.2. The Morgan fingerprint density at radius 3 is 2.92 bits per heavy atom.